The fourth-order valence-corrected chi connectivity index (χ4v) is 3.75. The lowest BCUT2D eigenvalue weighted by atomic mass is 9.90. The topological polar surface area (TPSA) is 59.0 Å². The lowest BCUT2D eigenvalue weighted by Crippen LogP contribution is -2.36. The van der Waals surface area contributed by atoms with Gasteiger partial charge in [0, 0.05) is 32.3 Å². The first kappa shape index (κ1) is 18.6. The summed E-state index contributed by atoms with van der Waals surface area (Å²) in [5.74, 6) is 0.894. The van der Waals surface area contributed by atoms with Gasteiger partial charge in [0.1, 0.15) is 0 Å². The molecular formula is C21H30N4O. The Morgan fingerprint density at radius 2 is 2.00 bits per heavy atom. The highest BCUT2D eigenvalue weighted by Crippen LogP contribution is 2.28. The normalized spacial score (nSPS) is 21.1. The summed E-state index contributed by atoms with van der Waals surface area (Å²) >= 11 is 0. The molecule has 1 amide bonds. The second-order valence-corrected chi connectivity index (χ2v) is 7.89. The molecule has 3 atom stereocenters. The van der Waals surface area contributed by atoms with Gasteiger partial charge in [-0.05, 0) is 36.0 Å². The molecule has 1 aliphatic heterocycles. The highest BCUT2D eigenvalue weighted by Gasteiger charge is 2.35. The minimum atomic E-state index is -0.0538. The van der Waals surface area contributed by atoms with Crippen molar-refractivity contribution in [1.82, 2.24) is 20.4 Å². The number of aryl methyl sites for hydroxylation is 1. The average Bonchev–Trinajstić information content (AvgIpc) is 3.23. The number of carbonyl (C=O) groups excluding carboxylic acids is 1. The van der Waals surface area contributed by atoms with Crippen LogP contribution in [0.4, 0.5) is 0 Å². The van der Waals surface area contributed by atoms with Crippen molar-refractivity contribution in [3.05, 3.63) is 53.3 Å². The third kappa shape index (κ3) is 4.33. The molecule has 1 saturated heterocycles. The van der Waals surface area contributed by atoms with Crippen molar-refractivity contribution >= 4 is 5.91 Å². The molecule has 2 N–H and O–H groups in total. The zero-order valence-corrected chi connectivity index (χ0v) is 16.2. The van der Waals surface area contributed by atoms with Crippen LogP contribution in [0.2, 0.25) is 0 Å². The Hall–Kier alpha value is -2.14. The number of aromatic nitrogens is 2. The van der Waals surface area contributed by atoms with Gasteiger partial charge in [-0.15, -0.1) is 0 Å². The minimum absolute atomic E-state index is 0.00532. The monoisotopic (exact) mass is 354 g/mol. The molecule has 1 aliphatic rings. The van der Waals surface area contributed by atoms with Crippen LogP contribution in [0.15, 0.2) is 36.7 Å². The first-order valence-corrected chi connectivity index (χ1v) is 9.52. The second kappa shape index (κ2) is 8.04. The molecule has 0 bridgehead atoms. The van der Waals surface area contributed by atoms with E-state index < -0.39 is 0 Å². The molecule has 0 aliphatic carbocycles. The Bertz CT molecular complexity index is 735. The molecule has 0 radical (unpaired) electrons. The fourth-order valence-electron chi connectivity index (χ4n) is 3.75. The van der Waals surface area contributed by atoms with Crippen molar-refractivity contribution in [2.45, 2.75) is 39.2 Å². The molecule has 1 unspecified atom stereocenters. The summed E-state index contributed by atoms with van der Waals surface area (Å²) in [6.07, 6.45) is 4.96. The summed E-state index contributed by atoms with van der Waals surface area (Å²) in [5.41, 5.74) is 3.62. The first-order chi connectivity index (χ1) is 12.4. The number of nitrogens with zero attached hydrogens (tertiary/aromatic N) is 2. The van der Waals surface area contributed by atoms with E-state index in [0.29, 0.717) is 12.5 Å². The molecule has 140 valence electrons. The van der Waals surface area contributed by atoms with Crippen LogP contribution < -0.4 is 10.6 Å². The van der Waals surface area contributed by atoms with Gasteiger partial charge in [-0.3, -0.25) is 9.48 Å². The molecule has 1 aromatic heterocycles. The molecule has 0 saturated carbocycles. The Labute approximate surface area is 156 Å². The van der Waals surface area contributed by atoms with E-state index in [2.05, 4.69) is 60.8 Å². The summed E-state index contributed by atoms with van der Waals surface area (Å²) < 4.78 is 1.80. The standard InChI is InChI=1S/C21H30N4O/c1-14(2)9-16-5-7-17(8-6-16)15(3)24-21(26)20-12-22-11-19(20)18-10-23-25(4)13-18/h5-8,10,13-15,19-20,22H,9,11-12H2,1-4H3,(H,24,26)/t15?,19-,20+/m1/s1. The molecular weight excluding hydrogens is 324 g/mol. The predicted octanol–water partition coefficient (Wildman–Crippen LogP) is 2.80. The Balaban J connectivity index is 1.63. The van der Waals surface area contributed by atoms with Crippen molar-refractivity contribution in [3.8, 4) is 0 Å². The second-order valence-electron chi connectivity index (χ2n) is 7.89. The molecule has 1 fully saturated rings. The summed E-state index contributed by atoms with van der Waals surface area (Å²) in [4.78, 5) is 12.9. The van der Waals surface area contributed by atoms with E-state index in [0.717, 1.165) is 24.1 Å². The molecule has 5 nitrogen and oxygen atoms in total. The van der Waals surface area contributed by atoms with Crippen molar-refractivity contribution in [1.29, 1.82) is 0 Å². The van der Waals surface area contributed by atoms with Crippen LogP contribution in [0.1, 0.15) is 49.4 Å². The van der Waals surface area contributed by atoms with Crippen molar-refractivity contribution in [2.24, 2.45) is 18.9 Å². The van der Waals surface area contributed by atoms with Gasteiger partial charge in [-0.1, -0.05) is 38.1 Å². The predicted molar refractivity (Wildman–Crippen MR) is 104 cm³/mol. The summed E-state index contributed by atoms with van der Waals surface area (Å²) in [7, 11) is 1.91. The fraction of sp³-hybridized carbons (Fsp3) is 0.524. The van der Waals surface area contributed by atoms with E-state index in [9.17, 15) is 4.79 Å². The van der Waals surface area contributed by atoms with Crippen LogP contribution >= 0.6 is 0 Å². The van der Waals surface area contributed by atoms with Crippen LogP contribution in [0.5, 0.6) is 0 Å². The number of hydrogen-bond donors (Lipinski definition) is 2. The van der Waals surface area contributed by atoms with Crippen molar-refractivity contribution < 1.29 is 4.79 Å². The number of nitrogens with one attached hydrogen (secondary N) is 2. The lowest BCUT2D eigenvalue weighted by Gasteiger charge is -2.21. The quantitative estimate of drug-likeness (QED) is 0.839. The van der Waals surface area contributed by atoms with Crippen LogP contribution in [0.25, 0.3) is 0 Å². The van der Waals surface area contributed by atoms with E-state index in [4.69, 9.17) is 0 Å². The Morgan fingerprint density at radius 3 is 2.62 bits per heavy atom. The molecule has 5 heteroatoms. The zero-order valence-electron chi connectivity index (χ0n) is 16.2. The van der Waals surface area contributed by atoms with E-state index in [1.807, 2.05) is 19.4 Å². The van der Waals surface area contributed by atoms with Crippen LogP contribution in [-0.2, 0) is 18.3 Å². The maximum atomic E-state index is 12.9. The maximum Gasteiger partial charge on any atom is 0.225 e. The smallest absolute Gasteiger partial charge is 0.225 e. The largest absolute Gasteiger partial charge is 0.349 e. The zero-order chi connectivity index (χ0) is 18.7. The molecule has 0 spiro atoms. The summed E-state index contributed by atoms with van der Waals surface area (Å²) in [5, 5.41) is 10.8. The van der Waals surface area contributed by atoms with Gasteiger partial charge >= 0.3 is 0 Å². The third-order valence-electron chi connectivity index (χ3n) is 5.19. The lowest BCUT2D eigenvalue weighted by molar-refractivity contribution is -0.125. The van der Waals surface area contributed by atoms with Gasteiger partial charge in [0.05, 0.1) is 18.2 Å². The number of rotatable bonds is 6. The van der Waals surface area contributed by atoms with Crippen LogP contribution in [0.3, 0.4) is 0 Å². The SMILES string of the molecule is CC(C)Cc1ccc(C(C)NC(=O)[C@H]2CNC[C@@H]2c2cnn(C)c2)cc1. The van der Waals surface area contributed by atoms with Crippen LogP contribution in [-0.4, -0.2) is 28.8 Å². The van der Waals surface area contributed by atoms with Gasteiger partial charge in [0.25, 0.3) is 0 Å². The van der Waals surface area contributed by atoms with Crippen LogP contribution in [0, 0.1) is 11.8 Å². The first-order valence-electron chi connectivity index (χ1n) is 9.52. The van der Waals surface area contributed by atoms with E-state index in [1.54, 1.807) is 4.68 Å². The molecule has 2 heterocycles. The average molecular weight is 354 g/mol. The van der Waals surface area contributed by atoms with Crippen molar-refractivity contribution in [3.63, 3.8) is 0 Å². The Kier molecular flexibility index (Phi) is 5.77. The van der Waals surface area contributed by atoms with Gasteiger partial charge in [0.15, 0.2) is 0 Å². The number of benzene rings is 1. The van der Waals surface area contributed by atoms with E-state index in [1.165, 1.54) is 5.56 Å². The number of hydrogen-bond acceptors (Lipinski definition) is 3. The summed E-state index contributed by atoms with van der Waals surface area (Å²) in [6.45, 7) is 8.04. The molecule has 2 aromatic rings. The molecule has 1 aromatic carbocycles. The highest BCUT2D eigenvalue weighted by atomic mass is 16.2. The Morgan fingerprint density at radius 1 is 1.27 bits per heavy atom. The van der Waals surface area contributed by atoms with Crippen molar-refractivity contribution in [2.75, 3.05) is 13.1 Å². The maximum absolute atomic E-state index is 12.9. The van der Waals surface area contributed by atoms with E-state index in [-0.39, 0.29) is 23.8 Å². The van der Waals surface area contributed by atoms with Gasteiger partial charge < -0.3 is 10.6 Å². The van der Waals surface area contributed by atoms with Gasteiger partial charge in [0.2, 0.25) is 5.91 Å². The van der Waals surface area contributed by atoms with Gasteiger partial charge in [-0.25, -0.2) is 0 Å². The minimum Gasteiger partial charge on any atom is -0.349 e. The highest BCUT2D eigenvalue weighted by molar-refractivity contribution is 5.81. The number of carbonyl (C=O) groups is 1. The third-order valence-corrected chi connectivity index (χ3v) is 5.19. The van der Waals surface area contributed by atoms with E-state index >= 15 is 0 Å². The summed E-state index contributed by atoms with van der Waals surface area (Å²) in [6, 6.07) is 8.62. The molecule has 26 heavy (non-hydrogen) atoms. The number of amides is 1. The molecule has 3 rings (SSSR count). The van der Waals surface area contributed by atoms with Gasteiger partial charge in [-0.2, -0.15) is 5.10 Å².